The van der Waals surface area contributed by atoms with E-state index in [9.17, 15) is 9.59 Å². The third-order valence-corrected chi connectivity index (χ3v) is 7.04. The second-order valence-corrected chi connectivity index (χ2v) is 9.76. The summed E-state index contributed by atoms with van der Waals surface area (Å²) in [5.41, 5.74) is 3.41. The predicted octanol–water partition coefficient (Wildman–Crippen LogP) is 3.34. The number of anilines is 1. The van der Waals surface area contributed by atoms with Crippen LogP contribution >= 0.6 is 11.8 Å². The Bertz CT molecular complexity index is 1110. The molecule has 1 aliphatic heterocycles. The number of para-hydroxylation sites is 1. The van der Waals surface area contributed by atoms with Crippen LogP contribution in [0, 0.1) is 0 Å². The van der Waals surface area contributed by atoms with E-state index in [1.54, 1.807) is 6.33 Å². The molecule has 35 heavy (non-hydrogen) atoms. The van der Waals surface area contributed by atoms with Crippen LogP contribution in [0.25, 0.3) is 5.69 Å². The van der Waals surface area contributed by atoms with E-state index in [2.05, 4.69) is 58.5 Å². The first-order chi connectivity index (χ1) is 17.0. The molecule has 0 unspecified atom stereocenters. The normalized spacial score (nSPS) is 13.8. The van der Waals surface area contributed by atoms with Gasteiger partial charge in [-0.1, -0.05) is 55.9 Å². The fraction of sp³-hybridized carbons (Fsp3) is 0.385. The first-order valence-electron chi connectivity index (χ1n) is 12.0. The fourth-order valence-corrected chi connectivity index (χ4v) is 4.78. The van der Waals surface area contributed by atoms with Crippen LogP contribution < -0.4 is 10.2 Å². The molecule has 0 saturated carbocycles. The quantitative estimate of drug-likeness (QED) is 0.462. The molecule has 0 bridgehead atoms. The maximum atomic E-state index is 12.6. The van der Waals surface area contributed by atoms with Crippen molar-refractivity contribution in [3.05, 3.63) is 66.5 Å². The van der Waals surface area contributed by atoms with Crippen LogP contribution in [0.3, 0.4) is 0 Å². The third kappa shape index (κ3) is 6.63. The number of aromatic nitrogens is 3. The van der Waals surface area contributed by atoms with Crippen LogP contribution in [0.1, 0.15) is 31.7 Å². The molecule has 0 radical (unpaired) electrons. The van der Waals surface area contributed by atoms with Gasteiger partial charge in [-0.3, -0.25) is 14.2 Å². The molecular weight excluding hydrogens is 460 g/mol. The highest BCUT2D eigenvalue weighted by Gasteiger charge is 2.21. The largest absolute Gasteiger partial charge is 0.368 e. The number of carbonyl (C=O) groups is 2. The number of hydrogen-bond acceptors (Lipinski definition) is 6. The van der Waals surface area contributed by atoms with Gasteiger partial charge in [0.15, 0.2) is 5.16 Å². The Labute approximate surface area is 210 Å². The number of benzene rings is 2. The van der Waals surface area contributed by atoms with E-state index in [0.717, 1.165) is 18.8 Å². The lowest BCUT2D eigenvalue weighted by atomic mass is 10.0. The summed E-state index contributed by atoms with van der Waals surface area (Å²) in [7, 11) is 0. The van der Waals surface area contributed by atoms with Crippen molar-refractivity contribution in [3.8, 4) is 5.69 Å². The van der Waals surface area contributed by atoms with E-state index in [1.807, 2.05) is 39.8 Å². The van der Waals surface area contributed by atoms with Crippen molar-refractivity contribution in [2.24, 2.45) is 0 Å². The molecule has 1 fully saturated rings. The topological polar surface area (TPSA) is 83.4 Å². The number of hydrogen-bond donors (Lipinski definition) is 1. The van der Waals surface area contributed by atoms with E-state index < -0.39 is 0 Å². The zero-order valence-electron chi connectivity index (χ0n) is 20.3. The number of carbonyl (C=O) groups excluding carboxylic acids is 2. The highest BCUT2D eigenvalue weighted by atomic mass is 32.2. The van der Waals surface area contributed by atoms with Gasteiger partial charge in [-0.25, -0.2) is 0 Å². The van der Waals surface area contributed by atoms with E-state index in [4.69, 9.17) is 0 Å². The van der Waals surface area contributed by atoms with Crippen LogP contribution in [0.5, 0.6) is 0 Å². The lowest BCUT2D eigenvalue weighted by Gasteiger charge is -2.36. The van der Waals surface area contributed by atoms with Gasteiger partial charge in [-0.15, -0.1) is 10.2 Å². The van der Waals surface area contributed by atoms with Crippen LogP contribution in [-0.4, -0.2) is 70.0 Å². The lowest BCUT2D eigenvalue weighted by Crippen LogP contribution is -2.49. The van der Waals surface area contributed by atoms with Crippen LogP contribution in [0.2, 0.25) is 0 Å². The van der Waals surface area contributed by atoms with Gasteiger partial charge in [-0.2, -0.15) is 0 Å². The number of rotatable bonds is 9. The molecule has 2 amide bonds. The molecule has 1 saturated heterocycles. The molecule has 8 nitrogen and oxygen atoms in total. The van der Waals surface area contributed by atoms with Crippen molar-refractivity contribution in [1.29, 1.82) is 0 Å². The maximum Gasteiger partial charge on any atom is 0.230 e. The zero-order chi connectivity index (χ0) is 24.6. The second-order valence-electron chi connectivity index (χ2n) is 8.82. The number of amides is 2. The molecule has 184 valence electrons. The van der Waals surface area contributed by atoms with Crippen LogP contribution in [-0.2, 0) is 9.59 Å². The number of nitrogens with one attached hydrogen (secondary N) is 1. The minimum atomic E-state index is -0.124. The third-order valence-electron chi connectivity index (χ3n) is 6.10. The summed E-state index contributed by atoms with van der Waals surface area (Å²) in [6, 6.07) is 18.5. The molecule has 3 aromatic rings. The average molecular weight is 493 g/mol. The smallest absolute Gasteiger partial charge is 0.230 e. The van der Waals surface area contributed by atoms with Gasteiger partial charge in [0, 0.05) is 50.5 Å². The van der Waals surface area contributed by atoms with Crippen molar-refractivity contribution >= 4 is 29.3 Å². The summed E-state index contributed by atoms with van der Waals surface area (Å²) < 4.78 is 1.88. The molecule has 9 heteroatoms. The Morgan fingerprint density at radius 3 is 2.37 bits per heavy atom. The van der Waals surface area contributed by atoms with Crippen molar-refractivity contribution < 1.29 is 9.59 Å². The van der Waals surface area contributed by atoms with Crippen molar-refractivity contribution in [3.63, 3.8) is 0 Å². The summed E-state index contributed by atoms with van der Waals surface area (Å²) in [6.07, 6.45) is 1.96. The summed E-state index contributed by atoms with van der Waals surface area (Å²) in [4.78, 5) is 29.1. The minimum Gasteiger partial charge on any atom is -0.368 e. The molecule has 1 aliphatic rings. The molecule has 0 atom stereocenters. The van der Waals surface area contributed by atoms with Gasteiger partial charge < -0.3 is 15.1 Å². The van der Waals surface area contributed by atoms with Gasteiger partial charge in [0.2, 0.25) is 11.8 Å². The number of thioether (sulfide) groups is 1. The lowest BCUT2D eigenvalue weighted by molar-refractivity contribution is -0.131. The van der Waals surface area contributed by atoms with E-state index in [1.165, 1.54) is 23.0 Å². The molecule has 0 aliphatic carbocycles. The minimum absolute atomic E-state index is 0.0789. The van der Waals surface area contributed by atoms with Gasteiger partial charge in [0.1, 0.15) is 6.33 Å². The van der Waals surface area contributed by atoms with Crippen molar-refractivity contribution in [2.75, 3.05) is 43.4 Å². The Hall–Kier alpha value is -3.33. The van der Waals surface area contributed by atoms with Crippen LogP contribution in [0.15, 0.2) is 66.1 Å². The Morgan fingerprint density at radius 2 is 1.69 bits per heavy atom. The number of piperazine rings is 1. The highest BCUT2D eigenvalue weighted by Crippen LogP contribution is 2.22. The molecule has 1 aromatic heterocycles. The first-order valence-corrected chi connectivity index (χ1v) is 13.0. The molecule has 4 rings (SSSR count). The zero-order valence-corrected chi connectivity index (χ0v) is 21.1. The molecule has 2 aromatic carbocycles. The predicted molar refractivity (Wildman–Crippen MR) is 139 cm³/mol. The van der Waals surface area contributed by atoms with Gasteiger partial charge in [-0.05, 0) is 35.7 Å². The fourth-order valence-electron chi connectivity index (χ4n) is 4.02. The molecule has 0 spiro atoms. The first kappa shape index (κ1) is 24.8. The Morgan fingerprint density at radius 1 is 0.971 bits per heavy atom. The van der Waals surface area contributed by atoms with Crippen LogP contribution in [0.4, 0.5) is 5.69 Å². The molecular formula is C26H32N6O2S. The second kappa shape index (κ2) is 11.9. The van der Waals surface area contributed by atoms with Crippen molar-refractivity contribution in [2.45, 2.75) is 31.3 Å². The highest BCUT2D eigenvalue weighted by molar-refractivity contribution is 7.99. The van der Waals surface area contributed by atoms with Gasteiger partial charge >= 0.3 is 0 Å². The standard InChI is InChI=1S/C26H32N6O2S/c1-20(2)21-8-10-23(11-9-21)32-19-28-29-26(32)35-18-24(33)27-13-12-25(34)31-16-14-30(15-17-31)22-6-4-3-5-7-22/h3-11,19-20H,12-18H2,1-2H3,(H,27,33). The van der Waals surface area contributed by atoms with E-state index in [0.29, 0.717) is 37.1 Å². The summed E-state index contributed by atoms with van der Waals surface area (Å²) in [6.45, 7) is 7.69. The van der Waals surface area contributed by atoms with Crippen molar-refractivity contribution in [1.82, 2.24) is 25.0 Å². The average Bonchev–Trinajstić information content (AvgIpc) is 3.37. The van der Waals surface area contributed by atoms with Gasteiger partial charge in [0.05, 0.1) is 5.75 Å². The summed E-state index contributed by atoms with van der Waals surface area (Å²) >= 11 is 1.33. The van der Waals surface area contributed by atoms with E-state index in [-0.39, 0.29) is 17.6 Å². The SMILES string of the molecule is CC(C)c1ccc(-n2cnnc2SCC(=O)NCCC(=O)N2CCN(c3ccccc3)CC2)cc1. The summed E-state index contributed by atoms with van der Waals surface area (Å²) in [5, 5.41) is 11.7. The molecule has 1 N–H and O–H groups in total. The Balaban J connectivity index is 1.17. The number of nitrogens with zero attached hydrogens (tertiary/aromatic N) is 5. The summed E-state index contributed by atoms with van der Waals surface area (Å²) in [5.74, 6) is 0.636. The Kier molecular flexibility index (Phi) is 8.41. The maximum absolute atomic E-state index is 12.6. The molecule has 2 heterocycles. The van der Waals surface area contributed by atoms with E-state index >= 15 is 0 Å². The van der Waals surface area contributed by atoms with Gasteiger partial charge in [0.25, 0.3) is 0 Å². The monoisotopic (exact) mass is 492 g/mol.